The van der Waals surface area contributed by atoms with Crippen molar-refractivity contribution in [1.29, 1.82) is 0 Å². The molecule has 0 saturated carbocycles. The number of carbonyl (C=O) groups is 1. The summed E-state index contributed by atoms with van der Waals surface area (Å²) in [4.78, 5) is 14.0. The van der Waals surface area contributed by atoms with E-state index in [0.717, 1.165) is 11.3 Å². The van der Waals surface area contributed by atoms with Gasteiger partial charge in [0, 0.05) is 18.8 Å². The van der Waals surface area contributed by atoms with Crippen LogP contribution in [0.25, 0.3) is 0 Å². The second-order valence-electron chi connectivity index (χ2n) is 4.64. The highest BCUT2D eigenvalue weighted by Crippen LogP contribution is 2.15. The topological polar surface area (TPSA) is 46.3 Å². The smallest absolute Gasteiger partial charge is 0.244 e. The van der Waals surface area contributed by atoms with E-state index in [1.165, 1.54) is 5.56 Å². The maximum absolute atomic E-state index is 12.2. The predicted octanol–water partition coefficient (Wildman–Crippen LogP) is 2.20. The summed E-state index contributed by atoms with van der Waals surface area (Å²) in [5.41, 5.74) is 8.06. The van der Waals surface area contributed by atoms with Gasteiger partial charge in [-0.1, -0.05) is 29.8 Å². The minimum Gasteiger partial charge on any atom is -0.341 e. The van der Waals surface area contributed by atoms with Crippen LogP contribution in [0.3, 0.4) is 0 Å². The van der Waals surface area contributed by atoms with Crippen molar-refractivity contribution in [2.24, 2.45) is 5.73 Å². The second-order valence-corrected chi connectivity index (χ2v) is 5.55. The van der Waals surface area contributed by atoms with Gasteiger partial charge in [0.1, 0.15) is 6.04 Å². The molecule has 2 atom stereocenters. The van der Waals surface area contributed by atoms with Crippen molar-refractivity contribution in [3.63, 3.8) is 0 Å². The normalized spacial score (nSPS) is 14.1. The number of thioether (sulfide) groups is 1. The third-order valence-corrected chi connectivity index (χ3v) is 3.93. The van der Waals surface area contributed by atoms with Gasteiger partial charge in [0.25, 0.3) is 0 Å². The number of benzene rings is 1. The Labute approximate surface area is 114 Å². The largest absolute Gasteiger partial charge is 0.341 e. The molecule has 3 nitrogen and oxygen atoms in total. The zero-order valence-corrected chi connectivity index (χ0v) is 12.3. The quantitative estimate of drug-likeness (QED) is 0.889. The van der Waals surface area contributed by atoms with Gasteiger partial charge in [0.15, 0.2) is 0 Å². The van der Waals surface area contributed by atoms with Crippen LogP contribution in [0.5, 0.6) is 0 Å². The summed E-state index contributed by atoms with van der Waals surface area (Å²) in [5.74, 6) is 0.892. The SMILES string of the molecule is CSCC(C)N(C)C(=O)C(N)c1ccc(C)cc1. The van der Waals surface area contributed by atoms with Crippen LogP contribution < -0.4 is 5.73 Å². The number of likely N-dealkylation sites (N-methyl/N-ethyl adjacent to an activating group) is 1. The average molecular weight is 266 g/mol. The predicted molar refractivity (Wildman–Crippen MR) is 78.7 cm³/mol. The van der Waals surface area contributed by atoms with Gasteiger partial charge >= 0.3 is 0 Å². The monoisotopic (exact) mass is 266 g/mol. The maximum atomic E-state index is 12.2. The summed E-state index contributed by atoms with van der Waals surface area (Å²) in [6.07, 6.45) is 2.04. The lowest BCUT2D eigenvalue weighted by Crippen LogP contribution is -2.42. The Bertz CT molecular complexity index is 391. The van der Waals surface area contributed by atoms with E-state index >= 15 is 0 Å². The van der Waals surface area contributed by atoms with Crippen molar-refractivity contribution in [3.05, 3.63) is 35.4 Å². The summed E-state index contributed by atoms with van der Waals surface area (Å²) in [7, 11) is 1.82. The van der Waals surface area contributed by atoms with Gasteiger partial charge < -0.3 is 10.6 Å². The number of rotatable bonds is 5. The molecule has 0 fully saturated rings. The first kappa shape index (κ1) is 15.1. The maximum Gasteiger partial charge on any atom is 0.244 e. The molecule has 0 aromatic heterocycles. The molecule has 4 heteroatoms. The van der Waals surface area contributed by atoms with Crippen molar-refractivity contribution < 1.29 is 4.79 Å². The summed E-state index contributed by atoms with van der Waals surface area (Å²) in [6.45, 7) is 4.06. The van der Waals surface area contributed by atoms with Crippen molar-refractivity contribution in [3.8, 4) is 0 Å². The molecule has 1 amide bonds. The van der Waals surface area contributed by atoms with E-state index in [-0.39, 0.29) is 11.9 Å². The molecule has 100 valence electrons. The second kappa shape index (κ2) is 6.81. The molecule has 0 aliphatic carbocycles. The Morgan fingerprint density at radius 1 is 1.39 bits per heavy atom. The van der Waals surface area contributed by atoms with Crippen LogP contribution in [-0.4, -0.2) is 35.9 Å². The fraction of sp³-hybridized carbons (Fsp3) is 0.500. The van der Waals surface area contributed by atoms with E-state index in [2.05, 4.69) is 0 Å². The lowest BCUT2D eigenvalue weighted by Gasteiger charge is -2.27. The zero-order chi connectivity index (χ0) is 13.7. The van der Waals surface area contributed by atoms with Crippen LogP contribution in [0, 0.1) is 6.92 Å². The number of nitrogens with zero attached hydrogens (tertiary/aromatic N) is 1. The van der Waals surface area contributed by atoms with Crippen LogP contribution in [0.1, 0.15) is 24.1 Å². The third kappa shape index (κ3) is 3.75. The Balaban J connectivity index is 2.74. The van der Waals surface area contributed by atoms with E-state index in [4.69, 9.17) is 5.73 Å². The third-order valence-electron chi connectivity index (χ3n) is 3.12. The van der Waals surface area contributed by atoms with Crippen molar-refractivity contribution >= 4 is 17.7 Å². The number of aryl methyl sites for hydroxylation is 1. The molecule has 0 radical (unpaired) electrons. The lowest BCUT2D eigenvalue weighted by molar-refractivity contribution is -0.132. The highest BCUT2D eigenvalue weighted by atomic mass is 32.2. The van der Waals surface area contributed by atoms with Gasteiger partial charge in [0.05, 0.1) is 0 Å². The Morgan fingerprint density at radius 3 is 2.44 bits per heavy atom. The van der Waals surface area contributed by atoms with Crippen molar-refractivity contribution in [2.45, 2.75) is 25.9 Å². The van der Waals surface area contributed by atoms with Crippen molar-refractivity contribution in [1.82, 2.24) is 4.90 Å². The summed E-state index contributed by atoms with van der Waals surface area (Å²) < 4.78 is 0. The molecule has 1 aromatic carbocycles. The Kier molecular flexibility index (Phi) is 5.69. The zero-order valence-electron chi connectivity index (χ0n) is 11.5. The molecule has 2 N–H and O–H groups in total. The van der Waals surface area contributed by atoms with E-state index in [1.807, 2.05) is 51.4 Å². The number of amides is 1. The van der Waals surface area contributed by atoms with Crippen LogP contribution >= 0.6 is 11.8 Å². The fourth-order valence-corrected chi connectivity index (χ4v) is 2.41. The van der Waals surface area contributed by atoms with E-state index in [9.17, 15) is 4.79 Å². The fourth-order valence-electron chi connectivity index (χ4n) is 1.71. The molecule has 18 heavy (non-hydrogen) atoms. The molecule has 2 unspecified atom stereocenters. The molecule has 1 rings (SSSR count). The highest BCUT2D eigenvalue weighted by molar-refractivity contribution is 7.98. The standard InChI is InChI=1S/C14H22N2OS/c1-10-5-7-12(8-6-10)13(15)14(17)16(3)11(2)9-18-4/h5-8,11,13H,9,15H2,1-4H3. The minimum absolute atomic E-state index is 0.0274. The number of hydrogen-bond donors (Lipinski definition) is 1. The molecule has 0 aliphatic heterocycles. The Hall–Kier alpha value is -1.00. The molecule has 1 aromatic rings. The van der Waals surface area contributed by atoms with Gasteiger partial charge in [0.2, 0.25) is 5.91 Å². The highest BCUT2D eigenvalue weighted by Gasteiger charge is 2.22. The Morgan fingerprint density at radius 2 is 1.94 bits per heavy atom. The van der Waals surface area contributed by atoms with Crippen LogP contribution in [0.15, 0.2) is 24.3 Å². The van der Waals surface area contributed by atoms with Crippen LogP contribution in [0.2, 0.25) is 0 Å². The van der Waals surface area contributed by atoms with Crippen LogP contribution in [0.4, 0.5) is 0 Å². The first-order chi connectivity index (χ1) is 8.47. The lowest BCUT2D eigenvalue weighted by atomic mass is 10.0. The van der Waals surface area contributed by atoms with Gasteiger partial charge in [-0.25, -0.2) is 0 Å². The first-order valence-electron chi connectivity index (χ1n) is 6.05. The van der Waals surface area contributed by atoms with Gasteiger partial charge in [-0.05, 0) is 25.7 Å². The molecule has 0 saturated heterocycles. The summed E-state index contributed by atoms with van der Waals surface area (Å²) >= 11 is 1.73. The molecule has 0 bridgehead atoms. The molecular weight excluding hydrogens is 244 g/mol. The minimum atomic E-state index is -0.570. The summed E-state index contributed by atoms with van der Waals surface area (Å²) in [6, 6.07) is 7.43. The van der Waals surface area contributed by atoms with Crippen molar-refractivity contribution in [2.75, 3.05) is 19.1 Å². The van der Waals surface area contributed by atoms with Gasteiger partial charge in [-0.2, -0.15) is 11.8 Å². The van der Waals surface area contributed by atoms with E-state index in [0.29, 0.717) is 0 Å². The molecule has 0 spiro atoms. The van der Waals surface area contributed by atoms with E-state index < -0.39 is 6.04 Å². The number of carbonyl (C=O) groups excluding carboxylic acids is 1. The van der Waals surface area contributed by atoms with Crippen LogP contribution in [-0.2, 0) is 4.79 Å². The van der Waals surface area contributed by atoms with Gasteiger partial charge in [-0.15, -0.1) is 0 Å². The molecule has 0 heterocycles. The van der Waals surface area contributed by atoms with Gasteiger partial charge in [-0.3, -0.25) is 4.79 Å². The number of nitrogens with two attached hydrogens (primary N) is 1. The van der Waals surface area contributed by atoms with E-state index in [1.54, 1.807) is 16.7 Å². The molecular formula is C14H22N2OS. The first-order valence-corrected chi connectivity index (χ1v) is 7.44. The summed E-state index contributed by atoms with van der Waals surface area (Å²) in [5, 5.41) is 0. The number of hydrogen-bond acceptors (Lipinski definition) is 3. The average Bonchev–Trinajstić information content (AvgIpc) is 2.37. The molecule has 0 aliphatic rings.